The summed E-state index contributed by atoms with van der Waals surface area (Å²) in [5, 5.41) is 10.4. The molecule has 0 saturated heterocycles. The van der Waals surface area contributed by atoms with Crippen LogP contribution in [-0.2, 0) is 32.4 Å². The van der Waals surface area contributed by atoms with Gasteiger partial charge in [-0.1, -0.05) is 32.1 Å². The van der Waals surface area contributed by atoms with Crippen LogP contribution in [0.3, 0.4) is 0 Å². The molecule has 0 spiro atoms. The van der Waals surface area contributed by atoms with Gasteiger partial charge in [0.25, 0.3) is 14.4 Å². The number of amides is 1. The first-order valence-corrected chi connectivity index (χ1v) is 12.6. The van der Waals surface area contributed by atoms with E-state index in [9.17, 15) is 18.0 Å². The summed E-state index contributed by atoms with van der Waals surface area (Å²) in [7, 11) is -4.09. The van der Waals surface area contributed by atoms with Crippen LogP contribution in [0.2, 0.25) is 0 Å². The van der Waals surface area contributed by atoms with E-state index in [0.717, 1.165) is 41.0 Å². The van der Waals surface area contributed by atoms with Gasteiger partial charge < -0.3 is 10.1 Å². The van der Waals surface area contributed by atoms with Gasteiger partial charge in [0.2, 0.25) is 11.0 Å². The summed E-state index contributed by atoms with van der Waals surface area (Å²) in [6.45, 7) is 7.10. The number of hydrogen-bond acceptors (Lipinski definition) is 9. The fraction of sp³-hybridized carbons (Fsp3) is 0.556. The third kappa shape index (κ3) is 4.81. The van der Waals surface area contributed by atoms with Crippen molar-refractivity contribution in [2.75, 3.05) is 16.6 Å². The number of carbonyl (C=O) groups is 2. The van der Waals surface area contributed by atoms with Gasteiger partial charge in [0.15, 0.2) is 0 Å². The first-order valence-electron chi connectivity index (χ1n) is 9.52. The Morgan fingerprint density at radius 1 is 1.13 bits per heavy atom. The Bertz CT molecular complexity index is 1070. The number of aryl methyl sites for hydroxylation is 1. The van der Waals surface area contributed by atoms with Crippen LogP contribution >= 0.6 is 22.7 Å². The first-order chi connectivity index (χ1) is 14.0. The van der Waals surface area contributed by atoms with E-state index in [-0.39, 0.29) is 32.5 Å². The maximum absolute atomic E-state index is 12.9. The minimum absolute atomic E-state index is 0.0893. The zero-order valence-electron chi connectivity index (χ0n) is 17.2. The molecule has 1 aliphatic rings. The standard InChI is InChI=1S/C18H24N4O5S3/c1-5-27-14(23)12-10-8-6-7-9-11(10)28-13(12)22-30(25,26)17-21-20-16(29-17)19-15(24)18(2,3)4/h22H,5-9H2,1-4H3,(H,19,20,24). The predicted octanol–water partition coefficient (Wildman–Crippen LogP) is 3.44. The predicted molar refractivity (Wildman–Crippen MR) is 116 cm³/mol. The molecule has 0 aliphatic heterocycles. The average molecular weight is 473 g/mol. The Kier molecular flexibility index (Phi) is 6.48. The lowest BCUT2D eigenvalue weighted by atomic mass is 9.95. The number of nitrogens with one attached hydrogen (secondary N) is 2. The Morgan fingerprint density at radius 2 is 1.83 bits per heavy atom. The van der Waals surface area contributed by atoms with Crippen molar-refractivity contribution < 1.29 is 22.7 Å². The minimum atomic E-state index is -4.09. The summed E-state index contributed by atoms with van der Waals surface area (Å²) in [5.74, 6) is -0.837. The van der Waals surface area contributed by atoms with E-state index in [1.807, 2.05) is 0 Å². The first kappa shape index (κ1) is 22.6. The summed E-state index contributed by atoms with van der Waals surface area (Å²) in [4.78, 5) is 25.6. The minimum Gasteiger partial charge on any atom is -0.462 e. The van der Waals surface area contributed by atoms with Crippen molar-refractivity contribution in [2.45, 2.75) is 57.7 Å². The number of hydrogen-bond donors (Lipinski definition) is 2. The summed E-state index contributed by atoms with van der Waals surface area (Å²) in [6.07, 6.45) is 3.45. The van der Waals surface area contributed by atoms with Crippen molar-refractivity contribution in [1.29, 1.82) is 0 Å². The fourth-order valence-corrected chi connectivity index (χ4v) is 6.36. The fourth-order valence-electron chi connectivity index (χ4n) is 2.88. The van der Waals surface area contributed by atoms with Crippen molar-refractivity contribution in [3.8, 4) is 0 Å². The second kappa shape index (κ2) is 8.60. The summed E-state index contributed by atoms with van der Waals surface area (Å²) in [6, 6.07) is 0. The molecule has 2 aromatic heterocycles. The number of aromatic nitrogens is 2. The number of carbonyl (C=O) groups excluding carboxylic acids is 2. The average Bonchev–Trinajstić information content (AvgIpc) is 3.25. The van der Waals surface area contributed by atoms with Crippen LogP contribution in [0.5, 0.6) is 0 Å². The molecule has 2 N–H and O–H groups in total. The third-order valence-corrected chi connectivity index (χ3v) is 8.31. The molecule has 0 saturated carbocycles. The van der Waals surface area contributed by atoms with E-state index < -0.39 is 21.4 Å². The molecule has 0 fully saturated rings. The van der Waals surface area contributed by atoms with Gasteiger partial charge in [-0.15, -0.1) is 21.5 Å². The number of rotatable bonds is 6. The lowest BCUT2D eigenvalue weighted by molar-refractivity contribution is -0.123. The topological polar surface area (TPSA) is 127 Å². The molecule has 9 nitrogen and oxygen atoms in total. The molecule has 12 heteroatoms. The molecule has 30 heavy (non-hydrogen) atoms. The van der Waals surface area contributed by atoms with Crippen LogP contribution in [0.1, 0.15) is 61.3 Å². The molecule has 164 valence electrons. The van der Waals surface area contributed by atoms with Crippen LogP contribution in [0.25, 0.3) is 0 Å². The van der Waals surface area contributed by atoms with Gasteiger partial charge >= 0.3 is 5.97 Å². The van der Waals surface area contributed by atoms with Crippen molar-refractivity contribution in [3.63, 3.8) is 0 Å². The molecule has 0 atom stereocenters. The van der Waals surface area contributed by atoms with E-state index in [1.165, 1.54) is 11.3 Å². The van der Waals surface area contributed by atoms with E-state index in [4.69, 9.17) is 4.74 Å². The molecule has 2 heterocycles. The molecule has 1 amide bonds. The Balaban J connectivity index is 1.88. The quantitative estimate of drug-likeness (QED) is 0.487. The SMILES string of the molecule is CCOC(=O)c1c(NS(=O)(=O)c2nnc(NC(=O)C(C)(C)C)s2)sc2c1CCCC2. The maximum atomic E-state index is 12.9. The van der Waals surface area contributed by atoms with Crippen LogP contribution in [0.4, 0.5) is 10.1 Å². The lowest BCUT2D eigenvalue weighted by Crippen LogP contribution is -2.27. The van der Waals surface area contributed by atoms with Gasteiger partial charge in [-0.05, 0) is 38.2 Å². The zero-order valence-corrected chi connectivity index (χ0v) is 19.6. The number of ether oxygens (including phenoxy) is 1. The van der Waals surface area contributed by atoms with Gasteiger partial charge in [0, 0.05) is 10.3 Å². The summed E-state index contributed by atoms with van der Waals surface area (Å²) >= 11 is 2.00. The molecule has 3 rings (SSSR count). The Morgan fingerprint density at radius 3 is 2.50 bits per heavy atom. The monoisotopic (exact) mass is 472 g/mol. The highest BCUT2D eigenvalue weighted by Crippen LogP contribution is 2.39. The number of thiophene rings is 1. The number of nitrogens with zero attached hydrogens (tertiary/aromatic N) is 2. The van der Waals surface area contributed by atoms with Crippen molar-refractivity contribution in [1.82, 2.24) is 10.2 Å². The van der Waals surface area contributed by atoms with Crippen LogP contribution in [0, 0.1) is 5.41 Å². The summed E-state index contributed by atoms with van der Waals surface area (Å²) < 4.78 is 33.1. The highest BCUT2D eigenvalue weighted by atomic mass is 32.2. The second-order valence-corrected chi connectivity index (χ2v) is 11.8. The molecular formula is C18H24N4O5S3. The third-order valence-electron chi connectivity index (χ3n) is 4.42. The Hall–Kier alpha value is -2.05. The van der Waals surface area contributed by atoms with Crippen LogP contribution < -0.4 is 10.0 Å². The highest BCUT2D eigenvalue weighted by molar-refractivity contribution is 7.94. The number of anilines is 2. The van der Waals surface area contributed by atoms with Gasteiger partial charge in [-0.3, -0.25) is 9.52 Å². The zero-order chi connectivity index (χ0) is 22.1. The van der Waals surface area contributed by atoms with E-state index in [1.54, 1.807) is 27.7 Å². The summed E-state index contributed by atoms with van der Waals surface area (Å²) in [5.41, 5.74) is 0.483. The normalized spacial score (nSPS) is 14.1. The van der Waals surface area contributed by atoms with Gasteiger partial charge in [0.05, 0.1) is 12.2 Å². The largest absolute Gasteiger partial charge is 0.462 e. The smallest absolute Gasteiger partial charge is 0.341 e. The molecule has 0 radical (unpaired) electrons. The lowest BCUT2D eigenvalue weighted by Gasteiger charge is -2.15. The van der Waals surface area contributed by atoms with Gasteiger partial charge in [0.1, 0.15) is 5.00 Å². The number of sulfonamides is 1. The Labute approximate surface area is 183 Å². The van der Waals surface area contributed by atoms with Crippen molar-refractivity contribution >= 4 is 54.7 Å². The molecule has 1 aliphatic carbocycles. The molecule has 0 unspecified atom stereocenters. The number of esters is 1. The van der Waals surface area contributed by atoms with Gasteiger partial charge in [-0.25, -0.2) is 4.79 Å². The molecular weight excluding hydrogens is 448 g/mol. The molecule has 2 aromatic rings. The van der Waals surface area contributed by atoms with Gasteiger partial charge in [-0.2, -0.15) is 8.42 Å². The van der Waals surface area contributed by atoms with E-state index >= 15 is 0 Å². The van der Waals surface area contributed by atoms with Crippen LogP contribution in [-0.4, -0.2) is 37.1 Å². The van der Waals surface area contributed by atoms with Crippen molar-refractivity contribution in [2.24, 2.45) is 5.41 Å². The molecule has 0 bridgehead atoms. The van der Waals surface area contributed by atoms with E-state index in [0.29, 0.717) is 6.42 Å². The van der Waals surface area contributed by atoms with Crippen molar-refractivity contribution in [3.05, 3.63) is 16.0 Å². The highest BCUT2D eigenvalue weighted by Gasteiger charge is 2.31. The maximum Gasteiger partial charge on any atom is 0.341 e. The number of fused-ring (bicyclic) bond motifs is 1. The van der Waals surface area contributed by atoms with E-state index in [2.05, 4.69) is 20.2 Å². The molecule has 0 aromatic carbocycles. The van der Waals surface area contributed by atoms with Crippen LogP contribution in [0.15, 0.2) is 4.34 Å². The second-order valence-electron chi connectivity index (χ2n) is 7.82.